The summed E-state index contributed by atoms with van der Waals surface area (Å²) >= 11 is 0. The van der Waals surface area contributed by atoms with Crippen molar-refractivity contribution in [3.63, 3.8) is 0 Å². The highest BCUT2D eigenvalue weighted by molar-refractivity contribution is 6.39. The Morgan fingerprint density at radius 3 is 2.86 bits per heavy atom. The zero-order valence-corrected chi connectivity index (χ0v) is 7.40. The van der Waals surface area contributed by atoms with Crippen molar-refractivity contribution in [3.05, 3.63) is 36.0 Å². The molecule has 1 amide bonds. The summed E-state index contributed by atoms with van der Waals surface area (Å²) in [7, 11) is 5.73. The first-order chi connectivity index (χ1) is 6.70. The molecule has 0 unspecified atom stereocenters. The van der Waals surface area contributed by atoms with Crippen LogP contribution in [0.25, 0.3) is 10.9 Å². The monoisotopic (exact) mass is 182 g/mol. The van der Waals surface area contributed by atoms with Gasteiger partial charge >= 0.3 is 0 Å². The molecule has 4 heteroatoms. The molecule has 0 saturated heterocycles. The number of pyridine rings is 1. The number of carbonyl (C=O) groups excluding carboxylic acids is 1. The summed E-state index contributed by atoms with van der Waals surface area (Å²) in [5.41, 5.74) is 6.76. The molecule has 0 aliphatic carbocycles. The number of amides is 1. The summed E-state index contributed by atoms with van der Waals surface area (Å²) in [4.78, 5) is 15.2. The van der Waals surface area contributed by atoms with Crippen molar-refractivity contribution in [2.75, 3.05) is 0 Å². The zero-order valence-electron chi connectivity index (χ0n) is 7.40. The standard InChI is InChI=1S/C10H7BN2O/c11-8-4-3-7(10(12)14)9-6(8)2-1-5-13-9/h1-5H,(H2,12,14). The Hall–Kier alpha value is -1.84. The van der Waals surface area contributed by atoms with E-state index >= 15 is 0 Å². The van der Waals surface area contributed by atoms with Crippen LogP contribution >= 0.6 is 0 Å². The van der Waals surface area contributed by atoms with Crippen LogP contribution in [0.3, 0.4) is 0 Å². The molecule has 1 aromatic carbocycles. The lowest BCUT2D eigenvalue weighted by molar-refractivity contribution is 0.100. The summed E-state index contributed by atoms with van der Waals surface area (Å²) in [6, 6.07) is 6.82. The van der Waals surface area contributed by atoms with Gasteiger partial charge in [-0.3, -0.25) is 9.78 Å². The van der Waals surface area contributed by atoms with Gasteiger partial charge in [0.2, 0.25) is 0 Å². The summed E-state index contributed by atoms with van der Waals surface area (Å²) in [6.07, 6.45) is 1.61. The molecule has 2 N–H and O–H groups in total. The third-order valence-electron chi connectivity index (χ3n) is 2.07. The largest absolute Gasteiger partial charge is 0.366 e. The summed E-state index contributed by atoms with van der Waals surface area (Å²) < 4.78 is 0. The Bertz CT molecular complexity index is 510. The highest BCUT2D eigenvalue weighted by atomic mass is 16.1. The molecule has 0 aliphatic heterocycles. The number of primary amides is 1. The molecule has 2 radical (unpaired) electrons. The van der Waals surface area contributed by atoms with E-state index in [1.54, 1.807) is 24.4 Å². The van der Waals surface area contributed by atoms with E-state index in [2.05, 4.69) is 4.98 Å². The molecule has 14 heavy (non-hydrogen) atoms. The number of aromatic nitrogens is 1. The Balaban J connectivity index is 2.88. The number of carbonyl (C=O) groups is 1. The van der Waals surface area contributed by atoms with Gasteiger partial charge in [0.1, 0.15) is 7.85 Å². The number of benzene rings is 1. The number of rotatable bonds is 1. The van der Waals surface area contributed by atoms with Gasteiger partial charge in [0.15, 0.2) is 0 Å². The second kappa shape index (κ2) is 3.14. The fourth-order valence-corrected chi connectivity index (χ4v) is 1.39. The summed E-state index contributed by atoms with van der Waals surface area (Å²) in [5.74, 6) is -0.492. The molecule has 2 aromatic rings. The number of nitrogens with two attached hydrogens (primary N) is 1. The quantitative estimate of drug-likeness (QED) is 0.637. The van der Waals surface area contributed by atoms with E-state index in [1.165, 1.54) is 0 Å². The smallest absolute Gasteiger partial charge is 0.250 e. The van der Waals surface area contributed by atoms with E-state index in [4.69, 9.17) is 13.6 Å². The van der Waals surface area contributed by atoms with Gasteiger partial charge in [-0.05, 0) is 17.5 Å². The average Bonchev–Trinajstić information content (AvgIpc) is 2.18. The van der Waals surface area contributed by atoms with Gasteiger partial charge in [-0.1, -0.05) is 17.6 Å². The van der Waals surface area contributed by atoms with Crippen molar-refractivity contribution >= 4 is 30.1 Å². The van der Waals surface area contributed by atoms with Crippen molar-refractivity contribution in [2.45, 2.75) is 0 Å². The normalized spacial score (nSPS) is 10.3. The first kappa shape index (κ1) is 8.75. The van der Waals surface area contributed by atoms with Gasteiger partial charge in [-0.15, -0.1) is 0 Å². The minimum absolute atomic E-state index is 0.398. The van der Waals surface area contributed by atoms with E-state index in [1.807, 2.05) is 6.07 Å². The Labute approximate surface area is 82.4 Å². The van der Waals surface area contributed by atoms with Crippen LogP contribution in [-0.2, 0) is 0 Å². The predicted octanol–water partition coefficient (Wildman–Crippen LogP) is 0.127. The second-order valence-corrected chi connectivity index (χ2v) is 2.97. The first-order valence-electron chi connectivity index (χ1n) is 4.13. The SMILES string of the molecule is [B]c1ccc(C(N)=O)c2ncccc12. The highest BCUT2D eigenvalue weighted by Gasteiger charge is 2.07. The molecule has 1 aromatic heterocycles. The Morgan fingerprint density at radius 2 is 2.14 bits per heavy atom. The van der Waals surface area contributed by atoms with Crippen LogP contribution < -0.4 is 11.2 Å². The minimum atomic E-state index is -0.492. The van der Waals surface area contributed by atoms with E-state index in [0.717, 1.165) is 5.39 Å². The highest BCUT2D eigenvalue weighted by Crippen LogP contribution is 2.12. The maximum atomic E-state index is 11.1. The molecule has 0 aliphatic rings. The third kappa shape index (κ3) is 1.25. The van der Waals surface area contributed by atoms with E-state index in [-0.39, 0.29) is 0 Å². The molecule has 1 heterocycles. The van der Waals surface area contributed by atoms with Crippen LogP contribution in [0, 0.1) is 0 Å². The Kier molecular flexibility index (Phi) is 1.96. The molecular formula is C10H7BN2O. The van der Waals surface area contributed by atoms with Crippen LogP contribution in [0.4, 0.5) is 0 Å². The summed E-state index contributed by atoms with van der Waals surface area (Å²) in [6.45, 7) is 0. The molecule has 2 rings (SSSR count). The molecule has 66 valence electrons. The Morgan fingerprint density at radius 1 is 1.36 bits per heavy atom. The molecular weight excluding hydrogens is 175 g/mol. The van der Waals surface area contributed by atoms with Crippen molar-refractivity contribution in [3.8, 4) is 0 Å². The van der Waals surface area contributed by atoms with E-state index in [0.29, 0.717) is 16.5 Å². The lowest BCUT2D eigenvalue weighted by Gasteiger charge is -2.04. The molecule has 0 atom stereocenters. The molecule has 0 bridgehead atoms. The maximum Gasteiger partial charge on any atom is 0.250 e. The van der Waals surface area contributed by atoms with Crippen molar-refractivity contribution < 1.29 is 4.79 Å². The van der Waals surface area contributed by atoms with Crippen LogP contribution in [-0.4, -0.2) is 18.7 Å². The molecule has 0 spiro atoms. The number of nitrogens with zero attached hydrogens (tertiary/aromatic N) is 1. The van der Waals surface area contributed by atoms with Crippen LogP contribution in [0.5, 0.6) is 0 Å². The van der Waals surface area contributed by atoms with E-state index in [9.17, 15) is 4.79 Å². The minimum Gasteiger partial charge on any atom is -0.366 e. The van der Waals surface area contributed by atoms with Crippen LogP contribution in [0.2, 0.25) is 0 Å². The fourth-order valence-electron chi connectivity index (χ4n) is 1.39. The number of hydrogen-bond acceptors (Lipinski definition) is 2. The van der Waals surface area contributed by atoms with Gasteiger partial charge in [0, 0.05) is 6.20 Å². The van der Waals surface area contributed by atoms with Gasteiger partial charge in [0.25, 0.3) is 5.91 Å². The van der Waals surface area contributed by atoms with Crippen LogP contribution in [0.1, 0.15) is 10.4 Å². The van der Waals surface area contributed by atoms with Gasteiger partial charge in [-0.25, -0.2) is 0 Å². The number of fused-ring (bicyclic) bond motifs is 1. The fraction of sp³-hybridized carbons (Fsp3) is 0. The van der Waals surface area contributed by atoms with Crippen molar-refractivity contribution in [1.29, 1.82) is 0 Å². The zero-order chi connectivity index (χ0) is 10.1. The lowest BCUT2D eigenvalue weighted by atomic mass is 9.90. The summed E-state index contributed by atoms with van der Waals surface area (Å²) in [5, 5.41) is 0.754. The molecule has 0 saturated carbocycles. The number of hydrogen-bond donors (Lipinski definition) is 1. The molecule has 0 fully saturated rings. The lowest BCUT2D eigenvalue weighted by Crippen LogP contribution is -2.15. The third-order valence-corrected chi connectivity index (χ3v) is 2.07. The van der Waals surface area contributed by atoms with Crippen molar-refractivity contribution in [1.82, 2.24) is 4.98 Å². The van der Waals surface area contributed by atoms with Gasteiger partial charge in [-0.2, -0.15) is 0 Å². The maximum absolute atomic E-state index is 11.1. The second-order valence-electron chi connectivity index (χ2n) is 2.97. The first-order valence-corrected chi connectivity index (χ1v) is 4.13. The van der Waals surface area contributed by atoms with Crippen LogP contribution in [0.15, 0.2) is 30.5 Å². The molecule has 3 nitrogen and oxygen atoms in total. The predicted molar refractivity (Wildman–Crippen MR) is 55.6 cm³/mol. The van der Waals surface area contributed by atoms with E-state index < -0.39 is 5.91 Å². The van der Waals surface area contributed by atoms with Gasteiger partial charge < -0.3 is 5.73 Å². The average molecular weight is 182 g/mol. The van der Waals surface area contributed by atoms with Gasteiger partial charge in [0.05, 0.1) is 11.1 Å². The topological polar surface area (TPSA) is 56.0 Å². The van der Waals surface area contributed by atoms with Crippen molar-refractivity contribution in [2.24, 2.45) is 5.73 Å².